The van der Waals surface area contributed by atoms with Crippen molar-refractivity contribution in [3.05, 3.63) is 12.2 Å². The van der Waals surface area contributed by atoms with Crippen LogP contribution < -0.4 is 0 Å². The molecule has 0 spiro atoms. The fourth-order valence-electron chi connectivity index (χ4n) is 2.30. The van der Waals surface area contributed by atoms with Gasteiger partial charge in [0.2, 0.25) is 6.29 Å². The molecule has 20 heavy (non-hydrogen) atoms. The van der Waals surface area contributed by atoms with E-state index in [9.17, 15) is 4.79 Å². The normalized spacial score (nSPS) is 20.7. The fourth-order valence-corrected chi connectivity index (χ4v) is 2.30. The molecule has 0 aromatic rings. The Morgan fingerprint density at radius 3 is 2.15 bits per heavy atom. The first-order valence-corrected chi connectivity index (χ1v) is 8.17. The molecule has 3 heteroatoms. The van der Waals surface area contributed by atoms with Crippen LogP contribution in [0.5, 0.6) is 0 Å². The third-order valence-electron chi connectivity index (χ3n) is 3.70. The quantitative estimate of drug-likeness (QED) is 0.224. The van der Waals surface area contributed by atoms with Crippen LogP contribution in [0.2, 0.25) is 0 Å². The molecule has 0 saturated carbocycles. The minimum Gasteiger partial charge on any atom is -0.429 e. The summed E-state index contributed by atoms with van der Waals surface area (Å²) >= 11 is 0. The summed E-state index contributed by atoms with van der Waals surface area (Å²) in [5, 5.41) is 0. The van der Waals surface area contributed by atoms with E-state index >= 15 is 0 Å². The van der Waals surface area contributed by atoms with Crippen LogP contribution in [0, 0.1) is 0 Å². The molecule has 1 fully saturated rings. The van der Waals surface area contributed by atoms with Crippen molar-refractivity contribution in [2.75, 3.05) is 0 Å². The highest BCUT2D eigenvalue weighted by molar-refractivity contribution is 5.87. The number of hydrogen-bond donors (Lipinski definition) is 0. The lowest BCUT2D eigenvalue weighted by molar-refractivity contribution is -0.143. The van der Waals surface area contributed by atoms with Crippen molar-refractivity contribution >= 4 is 5.97 Å². The number of carbonyl (C=O) groups excluding carboxylic acids is 1. The second-order valence-corrected chi connectivity index (χ2v) is 5.85. The highest BCUT2D eigenvalue weighted by Crippen LogP contribution is 2.29. The first kappa shape index (κ1) is 17.2. The molecule has 0 aromatic carbocycles. The summed E-state index contributed by atoms with van der Waals surface area (Å²) in [5.41, 5.74) is 0.433. The topological polar surface area (TPSA) is 38.8 Å². The molecule has 1 rings (SSSR count). The maximum absolute atomic E-state index is 11.3. The highest BCUT2D eigenvalue weighted by Gasteiger charge is 2.41. The lowest BCUT2D eigenvalue weighted by Gasteiger charge is -2.01. The van der Waals surface area contributed by atoms with Gasteiger partial charge in [0.05, 0.1) is 0 Å². The SMILES string of the molecule is C=C(C)C(=O)OC1OC1CCCCCCCCCCC. The molecule has 1 saturated heterocycles. The van der Waals surface area contributed by atoms with Crippen LogP contribution in [0.4, 0.5) is 0 Å². The Labute approximate surface area is 123 Å². The average molecular weight is 282 g/mol. The van der Waals surface area contributed by atoms with E-state index in [1.165, 1.54) is 57.8 Å². The first-order chi connectivity index (χ1) is 9.65. The van der Waals surface area contributed by atoms with Crippen molar-refractivity contribution in [3.8, 4) is 0 Å². The Hall–Kier alpha value is -0.830. The molecular weight excluding hydrogens is 252 g/mol. The second kappa shape index (κ2) is 9.98. The van der Waals surface area contributed by atoms with Crippen molar-refractivity contribution in [2.24, 2.45) is 0 Å². The predicted octanol–water partition coefficient (Wildman–Crippen LogP) is 4.75. The number of ether oxygens (including phenoxy) is 2. The van der Waals surface area contributed by atoms with E-state index in [2.05, 4.69) is 13.5 Å². The molecule has 2 unspecified atom stereocenters. The Kier molecular flexibility index (Phi) is 8.59. The van der Waals surface area contributed by atoms with Gasteiger partial charge >= 0.3 is 5.97 Å². The van der Waals surface area contributed by atoms with E-state index in [-0.39, 0.29) is 18.4 Å². The molecule has 2 atom stereocenters. The van der Waals surface area contributed by atoms with Crippen LogP contribution in [0.15, 0.2) is 12.2 Å². The lowest BCUT2D eigenvalue weighted by atomic mass is 10.1. The van der Waals surface area contributed by atoms with E-state index < -0.39 is 0 Å². The molecule has 1 aliphatic rings. The van der Waals surface area contributed by atoms with Crippen molar-refractivity contribution < 1.29 is 14.3 Å². The molecule has 1 aliphatic heterocycles. The van der Waals surface area contributed by atoms with Gasteiger partial charge in [-0.2, -0.15) is 0 Å². The van der Waals surface area contributed by atoms with Gasteiger partial charge in [-0.1, -0.05) is 71.3 Å². The largest absolute Gasteiger partial charge is 0.429 e. The van der Waals surface area contributed by atoms with E-state index in [1.807, 2.05) is 0 Å². The number of hydrogen-bond acceptors (Lipinski definition) is 3. The van der Waals surface area contributed by atoms with Crippen LogP contribution in [0.25, 0.3) is 0 Å². The molecule has 0 aliphatic carbocycles. The Balaban J connectivity index is 1.84. The number of esters is 1. The molecule has 0 radical (unpaired) electrons. The summed E-state index contributed by atoms with van der Waals surface area (Å²) in [5.74, 6) is -0.343. The number of carbonyl (C=O) groups is 1. The highest BCUT2D eigenvalue weighted by atomic mass is 16.8. The first-order valence-electron chi connectivity index (χ1n) is 8.17. The van der Waals surface area contributed by atoms with Crippen LogP contribution in [0.3, 0.4) is 0 Å². The molecule has 3 nitrogen and oxygen atoms in total. The van der Waals surface area contributed by atoms with Gasteiger partial charge in [0, 0.05) is 5.57 Å². The summed E-state index contributed by atoms with van der Waals surface area (Å²) in [7, 11) is 0. The molecule has 1 heterocycles. The van der Waals surface area contributed by atoms with E-state index in [0.717, 1.165) is 6.42 Å². The van der Waals surface area contributed by atoms with Crippen LogP contribution in [-0.4, -0.2) is 18.4 Å². The molecule has 116 valence electrons. The zero-order valence-corrected chi connectivity index (χ0v) is 13.2. The van der Waals surface area contributed by atoms with Gasteiger partial charge in [0.1, 0.15) is 6.10 Å². The number of unbranched alkanes of at least 4 members (excludes halogenated alkanes) is 8. The minimum absolute atomic E-state index is 0.128. The predicted molar refractivity (Wildman–Crippen MR) is 81.4 cm³/mol. The summed E-state index contributed by atoms with van der Waals surface area (Å²) in [4.78, 5) is 11.3. The van der Waals surface area contributed by atoms with E-state index in [4.69, 9.17) is 9.47 Å². The molecular formula is C17H30O3. The van der Waals surface area contributed by atoms with E-state index in [1.54, 1.807) is 6.92 Å². The lowest BCUT2D eigenvalue weighted by Crippen LogP contribution is -2.09. The van der Waals surface area contributed by atoms with Crippen molar-refractivity contribution in [1.82, 2.24) is 0 Å². The number of rotatable bonds is 12. The summed E-state index contributed by atoms with van der Waals surface area (Å²) in [6.07, 6.45) is 12.8. The summed E-state index contributed by atoms with van der Waals surface area (Å²) in [6, 6.07) is 0. The van der Waals surface area contributed by atoms with Crippen molar-refractivity contribution in [1.29, 1.82) is 0 Å². The molecule has 0 amide bonds. The van der Waals surface area contributed by atoms with Crippen LogP contribution in [0.1, 0.15) is 78.1 Å². The number of epoxide rings is 1. The van der Waals surface area contributed by atoms with Gasteiger partial charge in [-0.3, -0.25) is 0 Å². The van der Waals surface area contributed by atoms with Gasteiger partial charge in [0.15, 0.2) is 0 Å². The summed E-state index contributed by atoms with van der Waals surface area (Å²) in [6.45, 7) is 7.46. The Morgan fingerprint density at radius 1 is 1.05 bits per heavy atom. The smallest absolute Gasteiger partial charge is 0.335 e. The zero-order valence-electron chi connectivity index (χ0n) is 13.2. The molecule has 0 bridgehead atoms. The van der Waals surface area contributed by atoms with Crippen LogP contribution in [-0.2, 0) is 14.3 Å². The van der Waals surface area contributed by atoms with Gasteiger partial charge < -0.3 is 9.47 Å². The monoisotopic (exact) mass is 282 g/mol. The zero-order chi connectivity index (χ0) is 14.8. The second-order valence-electron chi connectivity index (χ2n) is 5.85. The third kappa shape index (κ3) is 7.68. The van der Waals surface area contributed by atoms with Gasteiger partial charge in [-0.05, 0) is 13.3 Å². The van der Waals surface area contributed by atoms with Crippen molar-refractivity contribution in [2.45, 2.75) is 90.4 Å². The van der Waals surface area contributed by atoms with Crippen molar-refractivity contribution in [3.63, 3.8) is 0 Å². The maximum Gasteiger partial charge on any atom is 0.335 e. The van der Waals surface area contributed by atoms with Crippen LogP contribution >= 0.6 is 0 Å². The standard InChI is InChI=1S/C17H30O3/c1-4-5-6-7-8-9-10-11-12-13-15-17(19-15)20-16(18)14(2)3/h15,17H,2,4-13H2,1,3H3. The Morgan fingerprint density at radius 2 is 1.60 bits per heavy atom. The van der Waals surface area contributed by atoms with Gasteiger partial charge in [0.25, 0.3) is 0 Å². The Bertz CT molecular complexity index is 299. The summed E-state index contributed by atoms with van der Waals surface area (Å²) < 4.78 is 10.4. The van der Waals surface area contributed by atoms with Gasteiger partial charge in [-0.15, -0.1) is 0 Å². The minimum atomic E-state index is -0.343. The molecule has 0 aromatic heterocycles. The molecule has 0 N–H and O–H groups in total. The maximum atomic E-state index is 11.3. The average Bonchev–Trinajstić information content (AvgIpc) is 3.15. The van der Waals surface area contributed by atoms with E-state index in [0.29, 0.717) is 5.57 Å². The van der Waals surface area contributed by atoms with Gasteiger partial charge in [-0.25, -0.2) is 4.79 Å². The fraction of sp³-hybridized carbons (Fsp3) is 0.824. The third-order valence-corrected chi connectivity index (χ3v) is 3.70.